The van der Waals surface area contributed by atoms with E-state index in [-0.39, 0.29) is 10.9 Å². The molecule has 1 aromatic heterocycles. The molecule has 2 rings (SSSR count). The van der Waals surface area contributed by atoms with Gasteiger partial charge < -0.3 is 5.32 Å². The van der Waals surface area contributed by atoms with Crippen LogP contribution in [0.3, 0.4) is 0 Å². The van der Waals surface area contributed by atoms with Crippen LogP contribution in [0.1, 0.15) is 18.9 Å². The highest BCUT2D eigenvalue weighted by Gasteiger charge is 2.14. The van der Waals surface area contributed by atoms with Gasteiger partial charge in [-0.25, -0.2) is 18.1 Å². The molecular weight excluding hydrogens is 306 g/mol. The Bertz CT molecular complexity index is 650. The summed E-state index contributed by atoms with van der Waals surface area (Å²) < 4.78 is 26.5. The standard InChI is InChI=1S/C14H19N3O2S2/c1-11(2)17-21(18,19)13-5-3-12(4-6-13)15-8-7-14-16-9-10-20-14/h3-6,9-11,15,17H,7-8H2,1-2H3. The molecule has 0 aliphatic rings. The van der Waals surface area contributed by atoms with E-state index in [4.69, 9.17) is 0 Å². The van der Waals surface area contributed by atoms with Gasteiger partial charge in [0.05, 0.1) is 9.90 Å². The van der Waals surface area contributed by atoms with E-state index in [0.717, 1.165) is 23.7 Å². The lowest BCUT2D eigenvalue weighted by molar-refractivity contribution is 0.570. The first kappa shape index (κ1) is 15.9. The van der Waals surface area contributed by atoms with Crippen LogP contribution in [0.25, 0.3) is 0 Å². The van der Waals surface area contributed by atoms with Crippen molar-refractivity contribution >= 4 is 27.0 Å². The lowest BCUT2D eigenvalue weighted by Gasteiger charge is -2.10. The number of rotatable bonds is 7. The summed E-state index contributed by atoms with van der Waals surface area (Å²) in [6.07, 6.45) is 2.65. The molecule has 0 atom stereocenters. The Morgan fingerprint density at radius 3 is 2.52 bits per heavy atom. The van der Waals surface area contributed by atoms with E-state index in [1.165, 1.54) is 0 Å². The summed E-state index contributed by atoms with van der Waals surface area (Å²) >= 11 is 1.63. The van der Waals surface area contributed by atoms with Crippen LogP contribution >= 0.6 is 11.3 Å². The fourth-order valence-electron chi connectivity index (χ4n) is 1.82. The zero-order valence-electron chi connectivity index (χ0n) is 12.0. The third-order valence-electron chi connectivity index (χ3n) is 2.71. The topological polar surface area (TPSA) is 71.1 Å². The predicted molar refractivity (Wildman–Crippen MR) is 86.2 cm³/mol. The number of nitrogens with zero attached hydrogens (tertiary/aromatic N) is 1. The Hall–Kier alpha value is -1.44. The first-order chi connectivity index (χ1) is 9.97. The maximum absolute atomic E-state index is 12.0. The summed E-state index contributed by atoms with van der Waals surface area (Å²) in [4.78, 5) is 4.49. The second-order valence-electron chi connectivity index (χ2n) is 4.90. The Morgan fingerprint density at radius 2 is 1.95 bits per heavy atom. The van der Waals surface area contributed by atoms with Gasteiger partial charge in [0.25, 0.3) is 0 Å². The van der Waals surface area contributed by atoms with E-state index in [1.54, 1.807) is 55.6 Å². The summed E-state index contributed by atoms with van der Waals surface area (Å²) in [5.41, 5.74) is 0.898. The lowest BCUT2D eigenvalue weighted by Crippen LogP contribution is -2.30. The quantitative estimate of drug-likeness (QED) is 0.820. The number of sulfonamides is 1. The highest BCUT2D eigenvalue weighted by atomic mass is 32.2. The molecule has 21 heavy (non-hydrogen) atoms. The van der Waals surface area contributed by atoms with Crippen LogP contribution in [-0.4, -0.2) is 26.0 Å². The van der Waals surface area contributed by atoms with Gasteiger partial charge in [0, 0.05) is 36.3 Å². The average Bonchev–Trinajstić information content (AvgIpc) is 2.91. The Balaban J connectivity index is 1.92. The minimum Gasteiger partial charge on any atom is -0.385 e. The van der Waals surface area contributed by atoms with Crippen molar-refractivity contribution in [3.8, 4) is 0 Å². The van der Waals surface area contributed by atoms with Crippen molar-refractivity contribution in [2.75, 3.05) is 11.9 Å². The molecular formula is C14H19N3O2S2. The predicted octanol–water partition coefficient (Wildman–Crippen LogP) is 2.48. The number of hydrogen-bond acceptors (Lipinski definition) is 5. The number of nitrogens with one attached hydrogen (secondary N) is 2. The first-order valence-electron chi connectivity index (χ1n) is 6.72. The molecule has 1 heterocycles. The summed E-state index contributed by atoms with van der Waals surface area (Å²) in [5.74, 6) is 0. The number of benzene rings is 1. The van der Waals surface area contributed by atoms with Gasteiger partial charge in [0.2, 0.25) is 10.0 Å². The second-order valence-corrected chi connectivity index (χ2v) is 7.60. The molecule has 0 bridgehead atoms. The Labute approximate surface area is 129 Å². The first-order valence-corrected chi connectivity index (χ1v) is 9.08. The van der Waals surface area contributed by atoms with Crippen molar-refractivity contribution in [3.63, 3.8) is 0 Å². The highest BCUT2D eigenvalue weighted by molar-refractivity contribution is 7.89. The largest absolute Gasteiger partial charge is 0.385 e. The van der Waals surface area contributed by atoms with E-state index in [2.05, 4.69) is 15.0 Å². The van der Waals surface area contributed by atoms with E-state index in [9.17, 15) is 8.42 Å². The van der Waals surface area contributed by atoms with E-state index in [1.807, 2.05) is 5.38 Å². The van der Waals surface area contributed by atoms with Crippen molar-refractivity contribution in [1.29, 1.82) is 0 Å². The fourth-order valence-corrected chi connectivity index (χ4v) is 3.69. The fraction of sp³-hybridized carbons (Fsp3) is 0.357. The maximum atomic E-state index is 12.0. The average molecular weight is 325 g/mol. The summed E-state index contributed by atoms with van der Waals surface area (Å²) in [6, 6.07) is 6.64. The second kappa shape index (κ2) is 7.02. The Kier molecular flexibility index (Phi) is 5.33. The van der Waals surface area contributed by atoms with Gasteiger partial charge in [-0.1, -0.05) is 0 Å². The van der Waals surface area contributed by atoms with Gasteiger partial charge in [-0.2, -0.15) is 0 Å². The molecule has 0 unspecified atom stereocenters. The lowest BCUT2D eigenvalue weighted by atomic mass is 10.3. The van der Waals surface area contributed by atoms with E-state index >= 15 is 0 Å². The molecule has 0 saturated heterocycles. The zero-order valence-corrected chi connectivity index (χ0v) is 13.7. The minimum absolute atomic E-state index is 0.119. The van der Waals surface area contributed by atoms with E-state index < -0.39 is 10.0 Å². The van der Waals surface area contributed by atoms with Gasteiger partial charge in [-0.15, -0.1) is 11.3 Å². The molecule has 0 radical (unpaired) electrons. The molecule has 0 fully saturated rings. The summed E-state index contributed by atoms with van der Waals surface area (Å²) in [6.45, 7) is 4.36. The molecule has 7 heteroatoms. The van der Waals surface area contributed by atoms with Crippen molar-refractivity contribution in [2.45, 2.75) is 31.2 Å². The third kappa shape index (κ3) is 4.80. The van der Waals surface area contributed by atoms with Gasteiger partial charge in [0.1, 0.15) is 0 Å². The van der Waals surface area contributed by atoms with Crippen LogP contribution in [0.4, 0.5) is 5.69 Å². The SMILES string of the molecule is CC(C)NS(=O)(=O)c1ccc(NCCc2nccs2)cc1. The zero-order chi connectivity index (χ0) is 15.3. The summed E-state index contributed by atoms with van der Waals surface area (Å²) in [5, 5.41) is 6.29. The molecule has 1 aromatic carbocycles. The van der Waals surface area contributed by atoms with Gasteiger partial charge in [-0.05, 0) is 38.1 Å². The van der Waals surface area contributed by atoms with Crippen molar-refractivity contribution in [2.24, 2.45) is 0 Å². The molecule has 0 spiro atoms. The van der Waals surface area contributed by atoms with Crippen LogP contribution in [0.15, 0.2) is 40.7 Å². The highest BCUT2D eigenvalue weighted by Crippen LogP contribution is 2.14. The van der Waals surface area contributed by atoms with Crippen LogP contribution in [0.2, 0.25) is 0 Å². The minimum atomic E-state index is -3.42. The smallest absolute Gasteiger partial charge is 0.240 e. The van der Waals surface area contributed by atoms with Crippen LogP contribution in [0.5, 0.6) is 0 Å². The van der Waals surface area contributed by atoms with Crippen LogP contribution in [-0.2, 0) is 16.4 Å². The number of hydrogen-bond donors (Lipinski definition) is 2. The van der Waals surface area contributed by atoms with Crippen LogP contribution < -0.4 is 10.0 Å². The molecule has 0 aliphatic heterocycles. The molecule has 5 nitrogen and oxygen atoms in total. The van der Waals surface area contributed by atoms with Crippen LogP contribution in [0, 0.1) is 0 Å². The molecule has 114 valence electrons. The number of anilines is 1. The van der Waals surface area contributed by atoms with Gasteiger partial charge in [0.15, 0.2) is 0 Å². The van der Waals surface area contributed by atoms with Gasteiger partial charge in [-0.3, -0.25) is 0 Å². The molecule has 0 aliphatic carbocycles. The molecule has 0 saturated carbocycles. The molecule has 2 N–H and O–H groups in total. The number of thiazole rings is 1. The van der Waals surface area contributed by atoms with Crippen molar-refractivity contribution in [1.82, 2.24) is 9.71 Å². The number of aromatic nitrogens is 1. The Morgan fingerprint density at radius 1 is 1.24 bits per heavy atom. The van der Waals surface area contributed by atoms with Crippen molar-refractivity contribution in [3.05, 3.63) is 40.8 Å². The normalized spacial score (nSPS) is 11.8. The summed E-state index contributed by atoms with van der Waals surface area (Å²) in [7, 11) is -3.42. The van der Waals surface area contributed by atoms with Gasteiger partial charge >= 0.3 is 0 Å². The maximum Gasteiger partial charge on any atom is 0.240 e. The molecule has 0 amide bonds. The molecule has 2 aromatic rings. The van der Waals surface area contributed by atoms with E-state index in [0.29, 0.717) is 0 Å². The third-order valence-corrected chi connectivity index (χ3v) is 5.22. The van der Waals surface area contributed by atoms with Crippen molar-refractivity contribution < 1.29 is 8.42 Å². The monoisotopic (exact) mass is 325 g/mol.